The van der Waals surface area contributed by atoms with Crippen LogP contribution in [-0.4, -0.2) is 6.04 Å². The summed E-state index contributed by atoms with van der Waals surface area (Å²) in [6.07, 6.45) is 1.14. The molecule has 0 spiro atoms. The Bertz CT molecular complexity index is 367. The van der Waals surface area contributed by atoms with Crippen molar-refractivity contribution in [2.45, 2.75) is 19.4 Å². The van der Waals surface area contributed by atoms with Crippen molar-refractivity contribution in [3.63, 3.8) is 0 Å². The van der Waals surface area contributed by atoms with Crippen LogP contribution >= 0.6 is 15.9 Å². The second kappa shape index (κ2) is 3.42. The molecule has 1 aromatic rings. The molecule has 0 bridgehead atoms. The fourth-order valence-electron chi connectivity index (χ4n) is 1.41. The van der Waals surface area contributed by atoms with Crippen LogP contribution in [0, 0.1) is 11.7 Å². The Morgan fingerprint density at radius 3 is 2.79 bits per heavy atom. The number of anilines is 2. The summed E-state index contributed by atoms with van der Waals surface area (Å²) in [5.41, 5.74) is 7.03. The zero-order valence-electron chi connectivity index (χ0n) is 7.85. The standard InChI is InChI=1S/C10H12BrFN2/c1-5-2-9(5)14-10-4-7(12)6(11)3-8(10)13/h3-5,9,14H,2,13H2,1H3. The molecule has 76 valence electrons. The minimum Gasteiger partial charge on any atom is -0.397 e. The summed E-state index contributed by atoms with van der Waals surface area (Å²) in [4.78, 5) is 0. The van der Waals surface area contributed by atoms with Crippen molar-refractivity contribution in [1.29, 1.82) is 0 Å². The summed E-state index contributed by atoms with van der Waals surface area (Å²) in [5.74, 6) is 0.385. The van der Waals surface area contributed by atoms with Crippen molar-refractivity contribution >= 4 is 27.3 Å². The molecule has 1 aromatic carbocycles. The number of hydrogen-bond donors (Lipinski definition) is 2. The zero-order valence-corrected chi connectivity index (χ0v) is 9.44. The quantitative estimate of drug-likeness (QED) is 0.801. The molecule has 0 saturated heterocycles. The van der Waals surface area contributed by atoms with Crippen molar-refractivity contribution in [2.24, 2.45) is 5.92 Å². The Hall–Kier alpha value is -0.770. The molecule has 3 N–H and O–H groups in total. The van der Waals surface area contributed by atoms with Gasteiger partial charge in [0.05, 0.1) is 15.8 Å². The van der Waals surface area contributed by atoms with Gasteiger partial charge in [-0.1, -0.05) is 6.92 Å². The number of nitrogens with two attached hydrogens (primary N) is 1. The largest absolute Gasteiger partial charge is 0.397 e. The molecule has 0 heterocycles. The second-order valence-corrected chi connectivity index (χ2v) is 4.67. The van der Waals surface area contributed by atoms with E-state index in [1.54, 1.807) is 6.07 Å². The highest BCUT2D eigenvalue weighted by Gasteiger charge is 2.32. The molecule has 2 rings (SSSR count). The van der Waals surface area contributed by atoms with Crippen LogP contribution in [0.4, 0.5) is 15.8 Å². The maximum Gasteiger partial charge on any atom is 0.139 e. The van der Waals surface area contributed by atoms with E-state index in [9.17, 15) is 4.39 Å². The molecule has 1 aliphatic rings. The average Bonchev–Trinajstić information content (AvgIpc) is 2.78. The summed E-state index contributed by atoms with van der Waals surface area (Å²) in [6, 6.07) is 3.48. The Labute approximate surface area is 90.8 Å². The van der Waals surface area contributed by atoms with Crippen LogP contribution in [-0.2, 0) is 0 Å². The van der Waals surface area contributed by atoms with Crippen molar-refractivity contribution in [3.8, 4) is 0 Å². The average molecular weight is 259 g/mol. The summed E-state index contributed by atoms with van der Waals surface area (Å²) in [7, 11) is 0. The lowest BCUT2D eigenvalue weighted by Crippen LogP contribution is -2.06. The van der Waals surface area contributed by atoms with E-state index in [0.717, 1.165) is 6.42 Å². The van der Waals surface area contributed by atoms with Gasteiger partial charge in [-0.3, -0.25) is 0 Å². The number of nitrogens with one attached hydrogen (secondary N) is 1. The zero-order chi connectivity index (χ0) is 10.3. The van der Waals surface area contributed by atoms with E-state index in [4.69, 9.17) is 5.73 Å². The maximum atomic E-state index is 13.2. The van der Waals surface area contributed by atoms with Gasteiger partial charge in [0, 0.05) is 12.1 Å². The van der Waals surface area contributed by atoms with Crippen LogP contribution in [0.1, 0.15) is 13.3 Å². The van der Waals surface area contributed by atoms with Crippen molar-refractivity contribution < 1.29 is 4.39 Å². The van der Waals surface area contributed by atoms with Crippen LogP contribution in [0.25, 0.3) is 0 Å². The minimum atomic E-state index is -0.282. The Morgan fingerprint density at radius 1 is 1.57 bits per heavy atom. The summed E-state index contributed by atoms with van der Waals surface area (Å²) >= 11 is 3.09. The third-order valence-corrected chi connectivity index (χ3v) is 3.15. The van der Waals surface area contributed by atoms with E-state index in [2.05, 4.69) is 28.2 Å². The van der Waals surface area contributed by atoms with Crippen molar-refractivity contribution in [3.05, 3.63) is 22.4 Å². The molecule has 1 saturated carbocycles. The number of rotatable bonds is 2. The van der Waals surface area contributed by atoms with Gasteiger partial charge < -0.3 is 11.1 Å². The SMILES string of the molecule is CC1CC1Nc1cc(F)c(Br)cc1N. The number of benzene rings is 1. The van der Waals surface area contributed by atoms with Gasteiger partial charge in [-0.05, 0) is 34.3 Å². The topological polar surface area (TPSA) is 38.0 Å². The van der Waals surface area contributed by atoms with Gasteiger partial charge in [0.15, 0.2) is 0 Å². The molecule has 0 aromatic heterocycles. The normalized spacial score (nSPS) is 24.8. The van der Waals surface area contributed by atoms with E-state index in [-0.39, 0.29) is 5.82 Å². The van der Waals surface area contributed by atoms with E-state index in [0.29, 0.717) is 27.8 Å². The lowest BCUT2D eigenvalue weighted by Gasteiger charge is -2.09. The van der Waals surface area contributed by atoms with Gasteiger partial charge in [-0.15, -0.1) is 0 Å². The molecule has 0 aliphatic heterocycles. The molecular weight excluding hydrogens is 247 g/mol. The summed E-state index contributed by atoms with van der Waals surface area (Å²) in [5, 5.41) is 3.22. The van der Waals surface area contributed by atoms with Crippen molar-refractivity contribution in [1.82, 2.24) is 0 Å². The first-order valence-electron chi connectivity index (χ1n) is 4.59. The molecular formula is C10H12BrFN2. The van der Waals surface area contributed by atoms with E-state index in [1.165, 1.54) is 6.07 Å². The first-order chi connectivity index (χ1) is 6.58. The predicted molar refractivity (Wildman–Crippen MR) is 59.7 cm³/mol. The fourth-order valence-corrected chi connectivity index (χ4v) is 1.77. The third kappa shape index (κ3) is 1.85. The van der Waals surface area contributed by atoms with Crippen LogP contribution in [0.2, 0.25) is 0 Å². The fraction of sp³-hybridized carbons (Fsp3) is 0.400. The number of nitrogen functional groups attached to an aromatic ring is 1. The Balaban J connectivity index is 2.20. The highest BCUT2D eigenvalue weighted by molar-refractivity contribution is 9.10. The highest BCUT2D eigenvalue weighted by atomic mass is 79.9. The molecule has 4 heteroatoms. The summed E-state index contributed by atoms with van der Waals surface area (Å²) in [6.45, 7) is 2.16. The smallest absolute Gasteiger partial charge is 0.139 e. The minimum absolute atomic E-state index is 0.282. The summed E-state index contributed by atoms with van der Waals surface area (Å²) < 4.78 is 13.6. The van der Waals surface area contributed by atoms with Gasteiger partial charge in [-0.25, -0.2) is 4.39 Å². The lowest BCUT2D eigenvalue weighted by molar-refractivity contribution is 0.621. The third-order valence-electron chi connectivity index (χ3n) is 2.54. The van der Waals surface area contributed by atoms with Gasteiger partial charge in [0.2, 0.25) is 0 Å². The molecule has 14 heavy (non-hydrogen) atoms. The van der Waals surface area contributed by atoms with Crippen LogP contribution in [0.5, 0.6) is 0 Å². The number of hydrogen-bond acceptors (Lipinski definition) is 2. The second-order valence-electron chi connectivity index (χ2n) is 3.82. The van der Waals surface area contributed by atoms with E-state index in [1.807, 2.05) is 0 Å². The molecule has 0 amide bonds. The van der Waals surface area contributed by atoms with Gasteiger partial charge in [-0.2, -0.15) is 0 Å². The van der Waals surface area contributed by atoms with Gasteiger partial charge >= 0.3 is 0 Å². The maximum absolute atomic E-state index is 13.2. The monoisotopic (exact) mass is 258 g/mol. The van der Waals surface area contributed by atoms with Crippen LogP contribution in [0.15, 0.2) is 16.6 Å². The van der Waals surface area contributed by atoms with Crippen LogP contribution in [0.3, 0.4) is 0 Å². The van der Waals surface area contributed by atoms with E-state index >= 15 is 0 Å². The van der Waals surface area contributed by atoms with Crippen molar-refractivity contribution in [2.75, 3.05) is 11.1 Å². The first-order valence-corrected chi connectivity index (χ1v) is 5.38. The predicted octanol–water partition coefficient (Wildman–Crippen LogP) is 2.99. The number of halogens is 2. The van der Waals surface area contributed by atoms with Gasteiger partial charge in [0.25, 0.3) is 0 Å². The Morgan fingerprint density at radius 2 is 2.21 bits per heavy atom. The molecule has 2 atom stereocenters. The van der Waals surface area contributed by atoms with Crippen LogP contribution < -0.4 is 11.1 Å². The molecule has 2 unspecified atom stereocenters. The Kier molecular flexibility index (Phi) is 2.39. The lowest BCUT2D eigenvalue weighted by atomic mass is 10.2. The van der Waals surface area contributed by atoms with E-state index < -0.39 is 0 Å². The molecule has 1 aliphatic carbocycles. The molecule has 1 fully saturated rings. The molecule has 2 nitrogen and oxygen atoms in total. The molecule has 0 radical (unpaired) electrons. The first kappa shape index (κ1) is 9.77. The highest BCUT2D eigenvalue weighted by Crippen LogP contribution is 2.35. The van der Waals surface area contributed by atoms with Gasteiger partial charge in [0.1, 0.15) is 5.82 Å².